The second-order valence-electron chi connectivity index (χ2n) is 5.68. The summed E-state index contributed by atoms with van der Waals surface area (Å²) in [6.07, 6.45) is 4.74. The summed E-state index contributed by atoms with van der Waals surface area (Å²) >= 11 is 8.81. The fourth-order valence-corrected chi connectivity index (χ4v) is 2.91. The number of hydrogen-bond acceptors (Lipinski definition) is 2. The average Bonchev–Trinajstić information content (AvgIpc) is 3.04. The van der Waals surface area contributed by atoms with Gasteiger partial charge in [-0.3, -0.25) is 4.68 Å². The molecule has 3 aromatic rings. The number of nitrogens with zero attached hydrogens (tertiary/aromatic N) is 2. The summed E-state index contributed by atoms with van der Waals surface area (Å²) in [6, 6.07) is 16.5. The Morgan fingerprint density at radius 1 is 1.00 bits per heavy atom. The van der Waals surface area contributed by atoms with Crippen molar-refractivity contribution in [3.05, 3.63) is 76.5 Å². The molecule has 0 radical (unpaired) electrons. The van der Waals surface area contributed by atoms with Crippen LogP contribution in [0.2, 0.25) is 0 Å². The molecule has 0 saturated carbocycles. The highest BCUT2D eigenvalue weighted by molar-refractivity contribution is 9.10. The first-order chi connectivity index (χ1) is 12.1. The largest absolute Gasteiger partial charge is 0.332 e. The summed E-state index contributed by atoms with van der Waals surface area (Å²) in [6.45, 7) is 2.86. The molecule has 0 aliphatic rings. The van der Waals surface area contributed by atoms with Gasteiger partial charge >= 0.3 is 0 Å². The van der Waals surface area contributed by atoms with Crippen LogP contribution in [0, 0.1) is 0 Å². The van der Waals surface area contributed by atoms with E-state index in [0.717, 1.165) is 22.3 Å². The van der Waals surface area contributed by atoms with Crippen LogP contribution in [0.5, 0.6) is 0 Å². The first kappa shape index (κ1) is 17.6. The van der Waals surface area contributed by atoms with E-state index in [9.17, 15) is 0 Å². The number of halogens is 1. The van der Waals surface area contributed by atoms with Gasteiger partial charge < -0.3 is 10.6 Å². The van der Waals surface area contributed by atoms with Crippen molar-refractivity contribution in [3.63, 3.8) is 0 Å². The quantitative estimate of drug-likeness (QED) is 0.572. The van der Waals surface area contributed by atoms with E-state index >= 15 is 0 Å². The third-order valence-electron chi connectivity index (χ3n) is 3.77. The van der Waals surface area contributed by atoms with Crippen molar-refractivity contribution in [1.29, 1.82) is 0 Å². The van der Waals surface area contributed by atoms with Crippen molar-refractivity contribution in [2.45, 2.75) is 19.9 Å². The van der Waals surface area contributed by atoms with Crippen molar-refractivity contribution in [2.24, 2.45) is 0 Å². The standard InChI is InChI=1S/C19H19BrN4S/c1-2-14-5-9-17(10-6-14)22-19(25)23-18-11-21-24(13-18)12-15-3-7-16(20)8-4-15/h3-11,13H,2,12H2,1H3,(H2,22,23,25). The van der Waals surface area contributed by atoms with Crippen molar-refractivity contribution in [2.75, 3.05) is 10.6 Å². The smallest absolute Gasteiger partial charge is 0.175 e. The van der Waals surface area contributed by atoms with Crippen LogP contribution < -0.4 is 10.6 Å². The molecule has 1 heterocycles. The van der Waals surface area contributed by atoms with Crippen LogP contribution in [-0.4, -0.2) is 14.9 Å². The van der Waals surface area contributed by atoms with Gasteiger partial charge in [-0.2, -0.15) is 5.10 Å². The molecule has 2 N–H and O–H groups in total. The molecule has 128 valence electrons. The van der Waals surface area contributed by atoms with E-state index in [-0.39, 0.29) is 0 Å². The van der Waals surface area contributed by atoms with Gasteiger partial charge in [0.15, 0.2) is 5.11 Å². The van der Waals surface area contributed by atoms with Gasteiger partial charge in [-0.1, -0.05) is 47.1 Å². The summed E-state index contributed by atoms with van der Waals surface area (Å²) in [7, 11) is 0. The molecule has 0 unspecified atom stereocenters. The fourth-order valence-electron chi connectivity index (χ4n) is 2.41. The lowest BCUT2D eigenvalue weighted by atomic mass is 10.1. The number of hydrogen-bond donors (Lipinski definition) is 2. The number of benzene rings is 2. The predicted molar refractivity (Wildman–Crippen MR) is 111 cm³/mol. The molecule has 0 bridgehead atoms. The molecule has 0 spiro atoms. The molecule has 0 atom stereocenters. The molecule has 0 aliphatic carbocycles. The first-order valence-corrected chi connectivity index (χ1v) is 9.26. The highest BCUT2D eigenvalue weighted by Crippen LogP contribution is 2.14. The Bertz CT molecular complexity index is 841. The number of anilines is 2. The molecule has 0 amide bonds. The Morgan fingerprint density at radius 3 is 2.32 bits per heavy atom. The predicted octanol–water partition coefficient (Wildman–Crippen LogP) is 5.07. The fraction of sp³-hybridized carbons (Fsp3) is 0.158. The van der Waals surface area contributed by atoms with Gasteiger partial charge in [0.1, 0.15) is 0 Å². The Balaban J connectivity index is 1.56. The second-order valence-corrected chi connectivity index (χ2v) is 7.01. The summed E-state index contributed by atoms with van der Waals surface area (Å²) in [5, 5.41) is 11.3. The molecule has 0 aliphatic heterocycles. The number of aromatic nitrogens is 2. The normalized spacial score (nSPS) is 10.5. The minimum Gasteiger partial charge on any atom is -0.332 e. The number of thiocarbonyl (C=S) groups is 1. The molecule has 1 aromatic heterocycles. The Morgan fingerprint density at radius 2 is 1.64 bits per heavy atom. The van der Waals surface area contributed by atoms with Crippen molar-refractivity contribution >= 4 is 44.6 Å². The van der Waals surface area contributed by atoms with Gasteiger partial charge in [-0.05, 0) is 54.0 Å². The maximum atomic E-state index is 5.37. The van der Waals surface area contributed by atoms with E-state index in [4.69, 9.17) is 12.2 Å². The Labute approximate surface area is 161 Å². The zero-order valence-electron chi connectivity index (χ0n) is 13.9. The van der Waals surface area contributed by atoms with Crippen molar-refractivity contribution < 1.29 is 0 Å². The zero-order chi connectivity index (χ0) is 17.6. The summed E-state index contributed by atoms with van der Waals surface area (Å²) in [4.78, 5) is 0. The van der Waals surface area contributed by atoms with Crippen LogP contribution in [0.25, 0.3) is 0 Å². The van der Waals surface area contributed by atoms with E-state index in [0.29, 0.717) is 11.7 Å². The molecule has 4 nitrogen and oxygen atoms in total. The number of rotatable bonds is 5. The van der Waals surface area contributed by atoms with E-state index in [1.165, 1.54) is 11.1 Å². The Hall–Kier alpha value is -2.18. The molecule has 3 rings (SSSR count). The van der Waals surface area contributed by atoms with E-state index in [1.54, 1.807) is 6.20 Å². The van der Waals surface area contributed by atoms with Crippen LogP contribution in [0.3, 0.4) is 0 Å². The molecule has 6 heteroatoms. The molecule has 2 aromatic carbocycles. The summed E-state index contributed by atoms with van der Waals surface area (Å²) in [5.41, 5.74) is 4.32. The number of nitrogens with one attached hydrogen (secondary N) is 2. The van der Waals surface area contributed by atoms with Crippen LogP contribution in [0.1, 0.15) is 18.1 Å². The molecule has 0 saturated heterocycles. The van der Waals surface area contributed by atoms with Crippen LogP contribution in [0.15, 0.2) is 65.4 Å². The second kappa shape index (κ2) is 8.27. The van der Waals surface area contributed by atoms with Gasteiger partial charge in [0.05, 0.1) is 18.4 Å². The lowest BCUT2D eigenvalue weighted by molar-refractivity contribution is 0.687. The summed E-state index contributed by atoms with van der Waals surface area (Å²) in [5.74, 6) is 0. The van der Waals surface area contributed by atoms with Gasteiger partial charge in [-0.15, -0.1) is 0 Å². The Kier molecular flexibility index (Phi) is 5.83. The third kappa shape index (κ3) is 5.14. The minimum absolute atomic E-state index is 0.549. The maximum Gasteiger partial charge on any atom is 0.175 e. The van der Waals surface area contributed by atoms with Crippen LogP contribution >= 0.6 is 28.1 Å². The van der Waals surface area contributed by atoms with Gasteiger partial charge in [-0.25, -0.2) is 0 Å². The summed E-state index contributed by atoms with van der Waals surface area (Å²) < 4.78 is 2.95. The van der Waals surface area contributed by atoms with E-state index in [1.807, 2.05) is 35.1 Å². The topological polar surface area (TPSA) is 41.9 Å². The molecule has 25 heavy (non-hydrogen) atoms. The average molecular weight is 415 g/mol. The lowest BCUT2D eigenvalue weighted by Crippen LogP contribution is -2.18. The third-order valence-corrected chi connectivity index (χ3v) is 4.50. The minimum atomic E-state index is 0.549. The first-order valence-electron chi connectivity index (χ1n) is 8.06. The lowest BCUT2D eigenvalue weighted by Gasteiger charge is -2.09. The van der Waals surface area contributed by atoms with E-state index in [2.05, 4.69) is 62.9 Å². The van der Waals surface area contributed by atoms with E-state index < -0.39 is 0 Å². The molecular weight excluding hydrogens is 396 g/mol. The highest BCUT2D eigenvalue weighted by atomic mass is 79.9. The van der Waals surface area contributed by atoms with Crippen LogP contribution in [-0.2, 0) is 13.0 Å². The highest BCUT2D eigenvalue weighted by Gasteiger charge is 2.03. The van der Waals surface area contributed by atoms with Crippen molar-refractivity contribution in [3.8, 4) is 0 Å². The molecule has 0 fully saturated rings. The SMILES string of the molecule is CCc1ccc(NC(=S)Nc2cnn(Cc3ccc(Br)cc3)c2)cc1. The zero-order valence-corrected chi connectivity index (χ0v) is 16.3. The van der Waals surface area contributed by atoms with Crippen LogP contribution in [0.4, 0.5) is 11.4 Å². The van der Waals surface area contributed by atoms with Crippen molar-refractivity contribution in [1.82, 2.24) is 9.78 Å². The number of aryl methyl sites for hydroxylation is 1. The monoisotopic (exact) mass is 414 g/mol. The van der Waals surface area contributed by atoms with Gasteiger partial charge in [0.2, 0.25) is 0 Å². The van der Waals surface area contributed by atoms with Gasteiger partial charge in [0.25, 0.3) is 0 Å². The maximum absolute atomic E-state index is 5.37. The molecular formula is C19H19BrN4S. The van der Waals surface area contributed by atoms with Gasteiger partial charge in [0, 0.05) is 16.4 Å².